The first kappa shape index (κ1) is 16.9. The number of Topliss-reactive ketones (excluding diaryl/α,β-unsaturated/α-hetero) is 1. The van der Waals surface area contributed by atoms with Gasteiger partial charge in [0.1, 0.15) is 0 Å². The average Bonchev–Trinajstić information content (AvgIpc) is 2.50. The second-order valence-electron chi connectivity index (χ2n) is 5.02. The van der Waals surface area contributed by atoms with Gasteiger partial charge in [-0.25, -0.2) is 0 Å². The van der Waals surface area contributed by atoms with Crippen LogP contribution in [0.2, 0.25) is 0 Å². The van der Waals surface area contributed by atoms with Gasteiger partial charge in [0.15, 0.2) is 5.78 Å². The molecule has 0 aliphatic rings. The predicted octanol–water partition coefficient (Wildman–Crippen LogP) is 2.05. The lowest BCUT2D eigenvalue weighted by molar-refractivity contribution is -0.141. The molecule has 1 rings (SSSR count). The number of carbonyl (C=O) groups excluding carboxylic acids is 2. The Balaban J connectivity index is 2.38. The zero-order valence-electron chi connectivity index (χ0n) is 12.4. The van der Waals surface area contributed by atoms with Gasteiger partial charge in [-0.3, -0.25) is 14.4 Å². The summed E-state index contributed by atoms with van der Waals surface area (Å²) in [5, 5.41) is 11.2. The summed E-state index contributed by atoms with van der Waals surface area (Å²) in [6, 6.07) is 7.35. The first-order valence-electron chi connectivity index (χ1n) is 7.05. The summed E-state index contributed by atoms with van der Waals surface area (Å²) in [5.74, 6) is -1.98. The Morgan fingerprint density at radius 1 is 1.14 bits per heavy atom. The molecule has 0 fully saturated rings. The molecule has 0 bridgehead atoms. The molecule has 5 nitrogen and oxygen atoms in total. The quantitative estimate of drug-likeness (QED) is 0.718. The molecular formula is C16H21NO4. The number of carbonyl (C=O) groups is 3. The van der Waals surface area contributed by atoms with E-state index in [2.05, 4.69) is 5.32 Å². The SMILES string of the molecule is CCc1ccc(C(=O)CCC(=O)NCC(C)C(=O)O)cc1. The number of benzene rings is 1. The highest BCUT2D eigenvalue weighted by atomic mass is 16.4. The van der Waals surface area contributed by atoms with Gasteiger partial charge < -0.3 is 10.4 Å². The van der Waals surface area contributed by atoms with E-state index in [0.29, 0.717) is 5.56 Å². The van der Waals surface area contributed by atoms with Crippen LogP contribution in [0.3, 0.4) is 0 Å². The number of ketones is 1. The van der Waals surface area contributed by atoms with Crippen molar-refractivity contribution in [3.05, 3.63) is 35.4 Å². The van der Waals surface area contributed by atoms with E-state index in [1.165, 1.54) is 6.92 Å². The molecule has 1 atom stereocenters. The monoisotopic (exact) mass is 291 g/mol. The molecule has 0 heterocycles. The standard InChI is InChI=1S/C16H21NO4/c1-3-12-4-6-13(7-5-12)14(18)8-9-15(19)17-10-11(2)16(20)21/h4-7,11H,3,8-10H2,1-2H3,(H,17,19)(H,20,21). The van der Waals surface area contributed by atoms with E-state index < -0.39 is 11.9 Å². The fourth-order valence-corrected chi connectivity index (χ4v) is 1.74. The van der Waals surface area contributed by atoms with E-state index in [-0.39, 0.29) is 31.1 Å². The first-order valence-corrected chi connectivity index (χ1v) is 7.05. The van der Waals surface area contributed by atoms with E-state index in [9.17, 15) is 14.4 Å². The van der Waals surface area contributed by atoms with Gasteiger partial charge in [-0.2, -0.15) is 0 Å². The van der Waals surface area contributed by atoms with Gasteiger partial charge in [0, 0.05) is 24.9 Å². The molecule has 2 N–H and O–H groups in total. The lowest BCUT2D eigenvalue weighted by Gasteiger charge is -2.08. The number of aryl methyl sites for hydroxylation is 1. The average molecular weight is 291 g/mol. The Hall–Kier alpha value is -2.17. The van der Waals surface area contributed by atoms with Crippen molar-refractivity contribution in [2.24, 2.45) is 5.92 Å². The molecule has 0 aromatic heterocycles. The number of rotatable bonds is 8. The number of carboxylic acids is 1. The van der Waals surface area contributed by atoms with Crippen molar-refractivity contribution in [2.75, 3.05) is 6.54 Å². The smallest absolute Gasteiger partial charge is 0.308 e. The van der Waals surface area contributed by atoms with Crippen LogP contribution in [0.15, 0.2) is 24.3 Å². The molecule has 0 aliphatic heterocycles. The molecule has 0 aliphatic carbocycles. The number of aliphatic carboxylic acids is 1. The molecular weight excluding hydrogens is 270 g/mol. The Kier molecular flexibility index (Phi) is 6.59. The lowest BCUT2D eigenvalue weighted by atomic mass is 10.0. The molecule has 5 heteroatoms. The molecule has 1 unspecified atom stereocenters. The summed E-state index contributed by atoms with van der Waals surface area (Å²) in [4.78, 5) is 34.1. The third kappa shape index (κ3) is 5.77. The third-order valence-electron chi connectivity index (χ3n) is 3.29. The van der Waals surface area contributed by atoms with Crippen molar-refractivity contribution in [3.8, 4) is 0 Å². The predicted molar refractivity (Wildman–Crippen MR) is 79.2 cm³/mol. The van der Waals surface area contributed by atoms with E-state index in [1.54, 1.807) is 12.1 Å². The lowest BCUT2D eigenvalue weighted by Crippen LogP contribution is -2.31. The van der Waals surface area contributed by atoms with Gasteiger partial charge in [-0.15, -0.1) is 0 Å². The Bertz CT molecular complexity index is 508. The molecule has 0 radical (unpaired) electrons. The Morgan fingerprint density at radius 3 is 2.29 bits per heavy atom. The normalized spacial score (nSPS) is 11.7. The van der Waals surface area contributed by atoms with E-state index >= 15 is 0 Å². The van der Waals surface area contributed by atoms with Gasteiger partial charge in [-0.05, 0) is 12.0 Å². The minimum atomic E-state index is -0.956. The molecule has 1 aromatic rings. The van der Waals surface area contributed by atoms with E-state index in [1.807, 2.05) is 19.1 Å². The van der Waals surface area contributed by atoms with Crippen molar-refractivity contribution >= 4 is 17.7 Å². The van der Waals surface area contributed by atoms with Gasteiger partial charge in [-0.1, -0.05) is 38.1 Å². The van der Waals surface area contributed by atoms with E-state index in [4.69, 9.17) is 5.11 Å². The Morgan fingerprint density at radius 2 is 1.76 bits per heavy atom. The zero-order valence-corrected chi connectivity index (χ0v) is 12.4. The first-order chi connectivity index (χ1) is 9.93. The highest BCUT2D eigenvalue weighted by Gasteiger charge is 2.13. The fraction of sp³-hybridized carbons (Fsp3) is 0.438. The summed E-state index contributed by atoms with van der Waals surface area (Å²) in [6.07, 6.45) is 1.11. The number of hydrogen-bond donors (Lipinski definition) is 2. The minimum Gasteiger partial charge on any atom is -0.481 e. The number of amides is 1. The third-order valence-corrected chi connectivity index (χ3v) is 3.29. The van der Waals surface area contributed by atoms with Gasteiger partial charge in [0.2, 0.25) is 5.91 Å². The molecule has 1 amide bonds. The van der Waals surface area contributed by atoms with Crippen LogP contribution in [-0.4, -0.2) is 29.3 Å². The van der Waals surface area contributed by atoms with Gasteiger partial charge >= 0.3 is 5.97 Å². The topological polar surface area (TPSA) is 83.5 Å². The van der Waals surface area contributed by atoms with Gasteiger partial charge in [0.05, 0.1) is 5.92 Å². The molecule has 1 aromatic carbocycles. The van der Waals surface area contributed by atoms with Crippen LogP contribution in [0.4, 0.5) is 0 Å². The molecule has 0 spiro atoms. The molecule has 0 saturated heterocycles. The molecule has 114 valence electrons. The van der Waals surface area contributed by atoms with Crippen LogP contribution in [0.1, 0.15) is 42.6 Å². The second-order valence-corrected chi connectivity index (χ2v) is 5.02. The fourth-order valence-electron chi connectivity index (χ4n) is 1.74. The summed E-state index contributed by atoms with van der Waals surface area (Å²) < 4.78 is 0. The molecule has 21 heavy (non-hydrogen) atoms. The zero-order chi connectivity index (χ0) is 15.8. The summed E-state index contributed by atoms with van der Waals surface area (Å²) >= 11 is 0. The maximum absolute atomic E-state index is 11.9. The number of hydrogen-bond acceptors (Lipinski definition) is 3. The van der Waals surface area contributed by atoms with E-state index in [0.717, 1.165) is 12.0 Å². The number of carboxylic acid groups (broad SMARTS) is 1. The largest absolute Gasteiger partial charge is 0.481 e. The second kappa shape index (κ2) is 8.19. The molecule has 0 saturated carbocycles. The summed E-state index contributed by atoms with van der Waals surface area (Å²) in [7, 11) is 0. The van der Waals surface area contributed by atoms with Crippen molar-refractivity contribution in [2.45, 2.75) is 33.1 Å². The Labute approximate surface area is 124 Å². The van der Waals surface area contributed by atoms with Crippen LogP contribution >= 0.6 is 0 Å². The maximum Gasteiger partial charge on any atom is 0.308 e. The van der Waals surface area contributed by atoms with Crippen LogP contribution in [-0.2, 0) is 16.0 Å². The van der Waals surface area contributed by atoms with Gasteiger partial charge in [0.25, 0.3) is 0 Å². The van der Waals surface area contributed by atoms with Crippen LogP contribution in [0, 0.1) is 5.92 Å². The van der Waals surface area contributed by atoms with Crippen molar-refractivity contribution < 1.29 is 19.5 Å². The van der Waals surface area contributed by atoms with Crippen LogP contribution in [0.25, 0.3) is 0 Å². The maximum atomic E-state index is 11.9. The number of nitrogens with one attached hydrogen (secondary N) is 1. The minimum absolute atomic E-state index is 0.0701. The highest BCUT2D eigenvalue weighted by molar-refractivity contribution is 5.98. The summed E-state index contributed by atoms with van der Waals surface area (Å²) in [5.41, 5.74) is 1.76. The van der Waals surface area contributed by atoms with Crippen molar-refractivity contribution in [1.29, 1.82) is 0 Å². The van der Waals surface area contributed by atoms with Crippen molar-refractivity contribution in [3.63, 3.8) is 0 Å². The highest BCUT2D eigenvalue weighted by Crippen LogP contribution is 2.08. The summed E-state index contributed by atoms with van der Waals surface area (Å²) in [6.45, 7) is 3.63. The van der Waals surface area contributed by atoms with Crippen LogP contribution in [0.5, 0.6) is 0 Å². The van der Waals surface area contributed by atoms with Crippen LogP contribution < -0.4 is 5.32 Å². The van der Waals surface area contributed by atoms with Crippen molar-refractivity contribution in [1.82, 2.24) is 5.32 Å².